The minimum Gasteiger partial charge on any atom is -0.381 e. The van der Waals surface area contributed by atoms with Crippen molar-refractivity contribution in [3.8, 4) is 0 Å². The Bertz CT molecular complexity index is 326. The molecule has 1 aliphatic heterocycles. The smallest absolute Gasteiger partial charge is 0.240 e. The number of amides is 1. The lowest BCUT2D eigenvalue weighted by atomic mass is 9.87. The minimum atomic E-state index is -0.685. The molecule has 3 N–H and O–H groups in total. The second-order valence-corrected chi connectivity index (χ2v) is 6.41. The Balaban J connectivity index is 1.49. The Morgan fingerprint density at radius 1 is 1.28 bits per heavy atom. The van der Waals surface area contributed by atoms with Gasteiger partial charge in [0.1, 0.15) is 0 Å². The monoisotopic (exact) mass is 252 g/mol. The number of nitrogens with two attached hydrogens (primary N) is 1. The van der Waals surface area contributed by atoms with Crippen LogP contribution in [0.2, 0.25) is 0 Å². The molecule has 2 saturated carbocycles. The number of ether oxygens (including phenoxy) is 1. The third kappa shape index (κ3) is 2.28. The van der Waals surface area contributed by atoms with Gasteiger partial charge in [-0.15, -0.1) is 0 Å². The molecule has 102 valence electrons. The van der Waals surface area contributed by atoms with E-state index in [0.717, 1.165) is 18.4 Å². The highest BCUT2D eigenvalue weighted by Gasteiger charge is 2.41. The summed E-state index contributed by atoms with van der Waals surface area (Å²) in [6.45, 7) is 2.05. The molecular weight excluding hydrogens is 228 g/mol. The summed E-state index contributed by atoms with van der Waals surface area (Å²) < 4.78 is 5.27. The molecule has 2 bridgehead atoms. The summed E-state index contributed by atoms with van der Waals surface area (Å²) in [7, 11) is 0. The number of carbonyl (C=O) groups is 1. The molecule has 1 saturated heterocycles. The zero-order valence-corrected chi connectivity index (χ0v) is 11.0. The molecule has 4 nitrogen and oxygen atoms in total. The lowest BCUT2D eigenvalue weighted by Gasteiger charge is -2.32. The highest BCUT2D eigenvalue weighted by atomic mass is 16.5. The minimum absolute atomic E-state index is 0.0357. The Kier molecular flexibility index (Phi) is 3.32. The van der Waals surface area contributed by atoms with Crippen LogP contribution < -0.4 is 11.1 Å². The first-order valence-corrected chi connectivity index (χ1v) is 7.32. The average Bonchev–Trinajstić information content (AvgIpc) is 2.99. The van der Waals surface area contributed by atoms with Crippen LogP contribution in [0.5, 0.6) is 0 Å². The molecule has 18 heavy (non-hydrogen) atoms. The zero-order chi connectivity index (χ0) is 12.6. The summed E-state index contributed by atoms with van der Waals surface area (Å²) in [4.78, 5) is 12.2. The molecule has 0 spiro atoms. The first-order valence-electron chi connectivity index (χ1n) is 7.32. The van der Waals surface area contributed by atoms with Crippen LogP contribution in [0.4, 0.5) is 0 Å². The Morgan fingerprint density at radius 3 is 2.67 bits per heavy atom. The molecule has 0 aromatic carbocycles. The second kappa shape index (κ2) is 4.82. The van der Waals surface area contributed by atoms with Gasteiger partial charge in [0.25, 0.3) is 0 Å². The highest BCUT2D eigenvalue weighted by molar-refractivity contribution is 5.86. The molecule has 3 fully saturated rings. The number of nitrogens with one attached hydrogen (secondary N) is 1. The molecule has 3 aliphatic rings. The van der Waals surface area contributed by atoms with Crippen molar-refractivity contribution in [3.63, 3.8) is 0 Å². The lowest BCUT2D eigenvalue weighted by Crippen LogP contribution is -2.57. The molecule has 4 heteroatoms. The van der Waals surface area contributed by atoms with E-state index in [1.165, 1.54) is 25.7 Å². The highest BCUT2D eigenvalue weighted by Crippen LogP contribution is 2.47. The fourth-order valence-electron chi connectivity index (χ4n) is 3.99. The lowest BCUT2D eigenvalue weighted by molar-refractivity contribution is -0.130. The van der Waals surface area contributed by atoms with Gasteiger partial charge in [-0.1, -0.05) is 6.42 Å². The van der Waals surface area contributed by atoms with E-state index < -0.39 is 5.54 Å². The number of rotatable bonds is 3. The molecule has 0 radical (unpaired) electrons. The number of hydrogen-bond acceptors (Lipinski definition) is 3. The molecule has 0 aromatic heterocycles. The molecule has 3 rings (SSSR count). The number of hydrogen-bond donors (Lipinski definition) is 2. The van der Waals surface area contributed by atoms with Gasteiger partial charge >= 0.3 is 0 Å². The van der Waals surface area contributed by atoms with Gasteiger partial charge in [0.2, 0.25) is 5.91 Å². The van der Waals surface area contributed by atoms with Crippen LogP contribution in [0.25, 0.3) is 0 Å². The third-order valence-electron chi connectivity index (χ3n) is 5.25. The predicted molar refractivity (Wildman–Crippen MR) is 68.9 cm³/mol. The van der Waals surface area contributed by atoms with Gasteiger partial charge in [-0.2, -0.15) is 0 Å². The van der Waals surface area contributed by atoms with E-state index in [9.17, 15) is 4.79 Å². The van der Waals surface area contributed by atoms with Gasteiger partial charge in [0, 0.05) is 19.8 Å². The van der Waals surface area contributed by atoms with Crippen molar-refractivity contribution in [3.05, 3.63) is 0 Å². The van der Waals surface area contributed by atoms with Crippen LogP contribution in [0.3, 0.4) is 0 Å². The summed E-state index contributed by atoms with van der Waals surface area (Å²) in [6.07, 6.45) is 6.78. The third-order valence-corrected chi connectivity index (χ3v) is 5.25. The van der Waals surface area contributed by atoms with Crippen LogP contribution in [0.1, 0.15) is 38.5 Å². The summed E-state index contributed by atoms with van der Waals surface area (Å²) in [5.41, 5.74) is 5.49. The molecule has 3 unspecified atom stereocenters. The van der Waals surface area contributed by atoms with Gasteiger partial charge in [-0.25, -0.2) is 0 Å². The quantitative estimate of drug-likeness (QED) is 0.789. The van der Waals surface area contributed by atoms with Crippen LogP contribution in [-0.2, 0) is 9.53 Å². The fraction of sp³-hybridized carbons (Fsp3) is 0.929. The maximum atomic E-state index is 12.2. The molecule has 2 aliphatic carbocycles. The standard InChI is InChI=1S/C14H24N2O2/c15-14(3-5-18-6-4-14)13(17)16-9-12-8-10-1-2-11(12)7-10/h10-12H,1-9,15H2,(H,16,17). The van der Waals surface area contributed by atoms with Crippen LogP contribution in [0, 0.1) is 17.8 Å². The summed E-state index contributed by atoms with van der Waals surface area (Å²) >= 11 is 0. The zero-order valence-electron chi connectivity index (χ0n) is 11.0. The largest absolute Gasteiger partial charge is 0.381 e. The SMILES string of the molecule is NC1(C(=O)NCC2CC3CCC2C3)CCOCC1. The Morgan fingerprint density at radius 2 is 2.06 bits per heavy atom. The van der Waals surface area contributed by atoms with Gasteiger partial charge in [0.15, 0.2) is 0 Å². The van der Waals surface area contributed by atoms with E-state index in [4.69, 9.17) is 10.5 Å². The van der Waals surface area contributed by atoms with Gasteiger partial charge < -0.3 is 15.8 Å². The van der Waals surface area contributed by atoms with E-state index >= 15 is 0 Å². The fourth-order valence-corrected chi connectivity index (χ4v) is 3.99. The van der Waals surface area contributed by atoms with Crippen molar-refractivity contribution < 1.29 is 9.53 Å². The van der Waals surface area contributed by atoms with Crippen molar-refractivity contribution in [2.45, 2.75) is 44.1 Å². The molecule has 3 atom stereocenters. The van der Waals surface area contributed by atoms with E-state index in [1.807, 2.05) is 0 Å². The van der Waals surface area contributed by atoms with Crippen molar-refractivity contribution >= 4 is 5.91 Å². The molecule has 0 aromatic rings. The predicted octanol–water partition coefficient (Wildman–Crippen LogP) is 1.05. The van der Waals surface area contributed by atoms with Crippen molar-refractivity contribution in [2.75, 3.05) is 19.8 Å². The van der Waals surface area contributed by atoms with E-state index in [0.29, 0.717) is 32.0 Å². The van der Waals surface area contributed by atoms with Crippen molar-refractivity contribution in [1.29, 1.82) is 0 Å². The van der Waals surface area contributed by atoms with Crippen molar-refractivity contribution in [1.82, 2.24) is 5.32 Å². The Hall–Kier alpha value is -0.610. The average molecular weight is 252 g/mol. The topological polar surface area (TPSA) is 64.4 Å². The van der Waals surface area contributed by atoms with Gasteiger partial charge in [-0.3, -0.25) is 4.79 Å². The number of fused-ring (bicyclic) bond motifs is 2. The second-order valence-electron chi connectivity index (χ2n) is 6.41. The molecule has 1 amide bonds. The summed E-state index contributed by atoms with van der Waals surface area (Å²) in [5, 5.41) is 3.10. The molecule has 1 heterocycles. The maximum absolute atomic E-state index is 12.2. The first-order chi connectivity index (χ1) is 8.67. The van der Waals surface area contributed by atoms with Crippen LogP contribution in [-0.4, -0.2) is 31.2 Å². The molecular formula is C14H24N2O2. The van der Waals surface area contributed by atoms with E-state index in [2.05, 4.69) is 5.32 Å². The normalized spacial score (nSPS) is 37.7. The van der Waals surface area contributed by atoms with Gasteiger partial charge in [0.05, 0.1) is 5.54 Å². The summed E-state index contributed by atoms with van der Waals surface area (Å²) in [6, 6.07) is 0. The van der Waals surface area contributed by atoms with Crippen molar-refractivity contribution in [2.24, 2.45) is 23.5 Å². The van der Waals surface area contributed by atoms with E-state index in [1.54, 1.807) is 0 Å². The first kappa shape index (κ1) is 12.4. The number of carbonyl (C=O) groups excluding carboxylic acids is 1. The van der Waals surface area contributed by atoms with E-state index in [-0.39, 0.29) is 5.91 Å². The van der Waals surface area contributed by atoms with Gasteiger partial charge in [-0.05, 0) is 49.9 Å². The van der Waals surface area contributed by atoms with Crippen LogP contribution in [0.15, 0.2) is 0 Å². The summed E-state index contributed by atoms with van der Waals surface area (Å²) in [5.74, 6) is 2.54. The Labute approximate surface area is 109 Å². The maximum Gasteiger partial charge on any atom is 0.240 e. The van der Waals surface area contributed by atoms with Crippen LogP contribution >= 0.6 is 0 Å².